The summed E-state index contributed by atoms with van der Waals surface area (Å²) in [5.41, 5.74) is -0.968. The number of alkyl halides is 3. The Labute approximate surface area is 83.3 Å². The van der Waals surface area contributed by atoms with Crippen LogP contribution in [0.15, 0.2) is 12.1 Å². The highest BCUT2D eigenvalue weighted by atomic mass is 35.5. The Kier molecular flexibility index (Phi) is 2.86. The van der Waals surface area contributed by atoms with Crippen molar-refractivity contribution in [3.63, 3.8) is 0 Å². The minimum Gasteiger partial charge on any atom is -0.298 e. The van der Waals surface area contributed by atoms with Crippen LogP contribution in [0.1, 0.15) is 5.56 Å². The van der Waals surface area contributed by atoms with E-state index in [9.17, 15) is 13.2 Å². The highest BCUT2D eigenvalue weighted by molar-refractivity contribution is 6.30. The molecule has 0 aliphatic carbocycles. The molecular weight excluding hydrogens is 219 g/mol. The van der Waals surface area contributed by atoms with Crippen molar-refractivity contribution in [2.45, 2.75) is 6.18 Å². The molecule has 1 rings (SSSR count). The van der Waals surface area contributed by atoms with Crippen LogP contribution in [0.25, 0.3) is 0 Å². The van der Waals surface area contributed by atoms with E-state index in [0.717, 1.165) is 17.1 Å². The third-order valence-electron chi connectivity index (χ3n) is 1.50. The Morgan fingerprint density at radius 3 is 2.36 bits per heavy atom. The minimum absolute atomic E-state index is 0.169. The average molecular weight is 226 g/mol. The van der Waals surface area contributed by atoms with Gasteiger partial charge in [-0.2, -0.15) is 13.2 Å². The van der Waals surface area contributed by atoms with Gasteiger partial charge in [0.2, 0.25) is 0 Å². The van der Waals surface area contributed by atoms with E-state index in [0.29, 0.717) is 0 Å². The molecule has 7 heteroatoms. The number of hydrogen-bond acceptors (Lipinski definition) is 3. The lowest BCUT2D eigenvalue weighted by Crippen LogP contribution is -2.26. The summed E-state index contributed by atoms with van der Waals surface area (Å²) >= 11 is 5.34. The summed E-state index contributed by atoms with van der Waals surface area (Å²) in [7, 11) is 1.45. The zero-order valence-electron chi connectivity index (χ0n) is 7.14. The lowest BCUT2D eigenvalue weighted by Gasteiger charge is -2.13. The van der Waals surface area contributed by atoms with Gasteiger partial charge in [0.05, 0.1) is 5.56 Å². The van der Waals surface area contributed by atoms with Crippen molar-refractivity contribution in [2.75, 3.05) is 12.1 Å². The van der Waals surface area contributed by atoms with Crippen molar-refractivity contribution in [3.05, 3.63) is 22.8 Å². The lowest BCUT2D eigenvalue weighted by atomic mass is 10.3. The summed E-state index contributed by atoms with van der Waals surface area (Å²) in [4.78, 5) is 3.49. The number of nitrogens with zero attached hydrogens (tertiary/aromatic N) is 2. The molecule has 2 N–H and O–H groups in total. The minimum atomic E-state index is -4.49. The summed E-state index contributed by atoms with van der Waals surface area (Å²) in [6.07, 6.45) is -4.49. The van der Waals surface area contributed by atoms with Gasteiger partial charge in [0.1, 0.15) is 11.0 Å². The summed E-state index contributed by atoms with van der Waals surface area (Å²) in [6.45, 7) is 0. The van der Waals surface area contributed by atoms with Crippen molar-refractivity contribution in [3.8, 4) is 0 Å². The molecule has 0 amide bonds. The Balaban J connectivity index is 3.15. The van der Waals surface area contributed by atoms with E-state index >= 15 is 0 Å². The first-order valence-corrected chi connectivity index (χ1v) is 3.92. The van der Waals surface area contributed by atoms with Crippen LogP contribution in [0.2, 0.25) is 5.15 Å². The van der Waals surface area contributed by atoms with Crippen LogP contribution in [0, 0.1) is 0 Å². The number of rotatable bonds is 1. The smallest absolute Gasteiger partial charge is 0.298 e. The fraction of sp³-hybridized carbons (Fsp3) is 0.286. The van der Waals surface area contributed by atoms with Crippen LogP contribution in [0.4, 0.5) is 19.0 Å². The van der Waals surface area contributed by atoms with Crippen molar-refractivity contribution < 1.29 is 13.2 Å². The van der Waals surface area contributed by atoms with E-state index in [4.69, 9.17) is 17.4 Å². The molecule has 0 radical (unpaired) electrons. The molecule has 0 saturated carbocycles. The fourth-order valence-corrected chi connectivity index (χ4v) is 1.09. The number of hydrogen-bond donors (Lipinski definition) is 1. The average Bonchev–Trinajstić information content (AvgIpc) is 2.01. The molecule has 1 heterocycles. The van der Waals surface area contributed by atoms with Gasteiger partial charge in [-0.15, -0.1) is 0 Å². The monoisotopic (exact) mass is 225 g/mol. The highest BCUT2D eigenvalue weighted by Gasteiger charge is 2.33. The van der Waals surface area contributed by atoms with Crippen molar-refractivity contribution in [2.24, 2.45) is 5.84 Å². The first-order chi connectivity index (χ1) is 6.32. The number of nitrogens with two attached hydrogens (primary N) is 1. The molecule has 78 valence electrons. The lowest BCUT2D eigenvalue weighted by molar-refractivity contribution is -0.137. The molecule has 0 aliphatic rings. The highest BCUT2D eigenvalue weighted by Crippen LogP contribution is 2.34. The zero-order chi connectivity index (χ0) is 10.9. The van der Waals surface area contributed by atoms with Crippen molar-refractivity contribution in [1.82, 2.24) is 4.98 Å². The van der Waals surface area contributed by atoms with E-state index in [1.54, 1.807) is 0 Å². The van der Waals surface area contributed by atoms with Gasteiger partial charge >= 0.3 is 6.18 Å². The summed E-state index contributed by atoms with van der Waals surface area (Å²) in [5, 5.41) is 0.471. The van der Waals surface area contributed by atoms with E-state index in [-0.39, 0.29) is 5.82 Å². The molecule has 14 heavy (non-hydrogen) atoms. The molecule has 0 bridgehead atoms. The standard InChI is InChI=1S/C7H7ClF3N3/c1-14(12)5-3-2-4(6(8)13-5)7(9,10)11/h2-3H,12H2,1H3. The van der Waals surface area contributed by atoms with Crippen LogP contribution in [0.5, 0.6) is 0 Å². The molecule has 0 aromatic carbocycles. The number of anilines is 1. The maximum Gasteiger partial charge on any atom is 0.419 e. The second kappa shape index (κ2) is 3.62. The van der Waals surface area contributed by atoms with Crippen LogP contribution < -0.4 is 10.9 Å². The number of pyridine rings is 1. The predicted molar refractivity (Wildman–Crippen MR) is 46.8 cm³/mol. The van der Waals surface area contributed by atoms with E-state index in [1.165, 1.54) is 7.05 Å². The second-order valence-electron chi connectivity index (χ2n) is 2.62. The maximum atomic E-state index is 12.2. The Morgan fingerprint density at radius 1 is 1.43 bits per heavy atom. The Hall–Kier alpha value is -1.01. The predicted octanol–water partition coefficient (Wildman–Crippen LogP) is 2.06. The van der Waals surface area contributed by atoms with E-state index < -0.39 is 16.9 Å². The van der Waals surface area contributed by atoms with Gasteiger partial charge in [-0.1, -0.05) is 11.6 Å². The van der Waals surface area contributed by atoms with Crippen molar-refractivity contribution >= 4 is 17.4 Å². The van der Waals surface area contributed by atoms with Gasteiger partial charge in [-0.3, -0.25) is 5.01 Å². The first kappa shape index (κ1) is 11.1. The molecule has 1 aromatic rings. The fourth-order valence-electron chi connectivity index (χ4n) is 0.833. The number of aromatic nitrogens is 1. The van der Waals surface area contributed by atoms with Gasteiger partial charge in [0, 0.05) is 7.05 Å². The van der Waals surface area contributed by atoms with Crippen LogP contribution in [-0.2, 0) is 6.18 Å². The van der Waals surface area contributed by atoms with Crippen LogP contribution in [-0.4, -0.2) is 12.0 Å². The first-order valence-electron chi connectivity index (χ1n) is 3.54. The molecule has 0 saturated heterocycles. The summed E-state index contributed by atoms with van der Waals surface area (Å²) < 4.78 is 36.6. The molecule has 0 atom stereocenters. The zero-order valence-corrected chi connectivity index (χ0v) is 7.89. The summed E-state index contributed by atoms with van der Waals surface area (Å²) in [6, 6.07) is 1.99. The maximum absolute atomic E-state index is 12.2. The van der Waals surface area contributed by atoms with Crippen LogP contribution >= 0.6 is 11.6 Å². The summed E-state index contributed by atoms with van der Waals surface area (Å²) in [5.74, 6) is 5.44. The number of halogens is 4. The quantitative estimate of drug-likeness (QED) is 0.452. The van der Waals surface area contributed by atoms with Gasteiger partial charge < -0.3 is 0 Å². The molecule has 0 spiro atoms. The third kappa shape index (κ3) is 2.27. The van der Waals surface area contributed by atoms with Crippen molar-refractivity contribution in [1.29, 1.82) is 0 Å². The normalized spacial score (nSPS) is 11.6. The topological polar surface area (TPSA) is 42.1 Å². The molecule has 3 nitrogen and oxygen atoms in total. The molecule has 1 aromatic heterocycles. The van der Waals surface area contributed by atoms with E-state index in [1.807, 2.05) is 0 Å². The Bertz CT molecular complexity index is 337. The van der Waals surface area contributed by atoms with Gasteiger partial charge in [-0.25, -0.2) is 10.8 Å². The Morgan fingerprint density at radius 2 is 2.00 bits per heavy atom. The largest absolute Gasteiger partial charge is 0.419 e. The second-order valence-corrected chi connectivity index (χ2v) is 2.97. The molecular formula is C7H7ClF3N3. The third-order valence-corrected chi connectivity index (χ3v) is 1.79. The SMILES string of the molecule is CN(N)c1ccc(C(F)(F)F)c(Cl)n1. The van der Waals surface area contributed by atoms with Crippen LogP contribution in [0.3, 0.4) is 0 Å². The van der Waals surface area contributed by atoms with E-state index in [2.05, 4.69) is 4.98 Å². The van der Waals surface area contributed by atoms with Gasteiger partial charge in [-0.05, 0) is 12.1 Å². The number of hydrazine groups is 1. The molecule has 0 fully saturated rings. The molecule has 0 aliphatic heterocycles. The molecule has 0 unspecified atom stereocenters. The van der Waals surface area contributed by atoms with Gasteiger partial charge in [0.15, 0.2) is 0 Å². The van der Waals surface area contributed by atoms with Gasteiger partial charge in [0.25, 0.3) is 0 Å².